The molecule has 4 aromatic rings. The predicted octanol–water partition coefficient (Wildman–Crippen LogP) is 5.43. The van der Waals surface area contributed by atoms with Gasteiger partial charge in [-0.25, -0.2) is 9.97 Å². The molecule has 7 nitrogen and oxygen atoms in total. The molecule has 2 heterocycles. The van der Waals surface area contributed by atoms with Gasteiger partial charge >= 0.3 is 0 Å². The highest BCUT2D eigenvalue weighted by molar-refractivity contribution is 6.16. The zero-order valence-electron chi connectivity index (χ0n) is 19.9. The van der Waals surface area contributed by atoms with Crippen LogP contribution in [0.4, 0.5) is 17.3 Å². The second kappa shape index (κ2) is 9.38. The minimum Gasteiger partial charge on any atom is -0.506 e. The number of nitrogen functional groups attached to an aromatic ring is 1. The van der Waals surface area contributed by atoms with Crippen LogP contribution in [0.5, 0.6) is 5.75 Å². The lowest BCUT2D eigenvalue weighted by Crippen LogP contribution is -2.29. The number of phenolic OH excluding ortho intramolecular Hbond substituents is 1. The van der Waals surface area contributed by atoms with E-state index in [1.54, 1.807) is 12.1 Å². The van der Waals surface area contributed by atoms with Gasteiger partial charge in [-0.05, 0) is 36.3 Å². The van der Waals surface area contributed by atoms with E-state index in [4.69, 9.17) is 11.1 Å². The third kappa shape index (κ3) is 4.07. The van der Waals surface area contributed by atoms with E-state index >= 15 is 0 Å². The fourth-order valence-corrected chi connectivity index (χ4v) is 4.52. The third-order valence-electron chi connectivity index (χ3n) is 6.22. The first-order valence-electron chi connectivity index (χ1n) is 11.5. The standard InChI is InChI=1S/C29H26N6O/c1-18-9-8-12-21-15-22(35(19(2)25(18)21)23-13-6-7-14-24(23)36)16-32-29-26(28(31)33-17-34-29)27(30)20-10-4-3-5-11-20/h3-15,17,30,36H,2,16H2,1H3,(H3,31,32,33,34). The molecule has 0 unspecified atom stereocenters. The molecule has 0 amide bonds. The molecule has 5 rings (SSSR count). The van der Waals surface area contributed by atoms with Crippen molar-refractivity contribution in [3.63, 3.8) is 0 Å². The fraction of sp³-hybridized carbons (Fsp3) is 0.0690. The second-order valence-electron chi connectivity index (χ2n) is 8.52. The van der Waals surface area contributed by atoms with Crippen molar-refractivity contribution in [1.29, 1.82) is 5.41 Å². The predicted molar refractivity (Wildman–Crippen MR) is 146 cm³/mol. The number of nitrogens with two attached hydrogens (primary N) is 1. The zero-order valence-corrected chi connectivity index (χ0v) is 19.9. The van der Waals surface area contributed by atoms with Gasteiger partial charge < -0.3 is 21.1 Å². The highest BCUT2D eigenvalue weighted by atomic mass is 16.3. The summed E-state index contributed by atoms with van der Waals surface area (Å²) in [5.74, 6) is 0.830. The van der Waals surface area contributed by atoms with Crippen LogP contribution in [0.3, 0.4) is 0 Å². The molecule has 1 aliphatic rings. The summed E-state index contributed by atoms with van der Waals surface area (Å²) in [6.45, 7) is 6.78. The summed E-state index contributed by atoms with van der Waals surface area (Å²) in [6.07, 6.45) is 3.45. The summed E-state index contributed by atoms with van der Waals surface area (Å²) >= 11 is 0. The number of nitrogens with one attached hydrogen (secondary N) is 2. The van der Waals surface area contributed by atoms with E-state index in [9.17, 15) is 5.11 Å². The molecule has 1 aromatic heterocycles. The van der Waals surface area contributed by atoms with Crippen LogP contribution >= 0.6 is 0 Å². The number of nitrogens with zero attached hydrogens (tertiary/aromatic N) is 3. The molecule has 5 N–H and O–H groups in total. The highest BCUT2D eigenvalue weighted by Gasteiger charge is 2.27. The van der Waals surface area contributed by atoms with Gasteiger partial charge in [-0.3, -0.25) is 5.41 Å². The van der Waals surface area contributed by atoms with Gasteiger partial charge in [-0.1, -0.05) is 67.2 Å². The number of benzene rings is 3. The van der Waals surface area contributed by atoms with Crippen molar-refractivity contribution in [2.45, 2.75) is 6.92 Å². The number of hydrogen-bond acceptors (Lipinski definition) is 7. The van der Waals surface area contributed by atoms with Crippen molar-refractivity contribution >= 4 is 34.8 Å². The molecule has 0 saturated heterocycles. The van der Waals surface area contributed by atoms with Crippen molar-refractivity contribution in [3.8, 4) is 5.75 Å². The molecule has 0 spiro atoms. The van der Waals surface area contributed by atoms with Crippen molar-refractivity contribution in [1.82, 2.24) is 9.97 Å². The van der Waals surface area contributed by atoms with Crippen LogP contribution in [0.1, 0.15) is 27.8 Å². The first-order valence-corrected chi connectivity index (χ1v) is 11.5. The summed E-state index contributed by atoms with van der Waals surface area (Å²) in [5.41, 5.74) is 13.0. The molecule has 0 radical (unpaired) electrons. The van der Waals surface area contributed by atoms with Crippen LogP contribution in [0, 0.1) is 12.3 Å². The number of aromatic nitrogens is 2. The molecule has 3 aromatic carbocycles. The van der Waals surface area contributed by atoms with Gasteiger partial charge in [-0.15, -0.1) is 0 Å². The van der Waals surface area contributed by atoms with Crippen LogP contribution in [0.15, 0.2) is 91.4 Å². The van der Waals surface area contributed by atoms with Crippen LogP contribution in [-0.2, 0) is 0 Å². The number of rotatable bonds is 6. The quantitative estimate of drug-likeness (QED) is 0.277. The molecule has 0 bridgehead atoms. The van der Waals surface area contributed by atoms with Crippen molar-refractivity contribution in [2.24, 2.45) is 0 Å². The van der Waals surface area contributed by atoms with Crippen LogP contribution in [0.2, 0.25) is 0 Å². The van der Waals surface area contributed by atoms with Crippen molar-refractivity contribution in [3.05, 3.63) is 119 Å². The number of anilines is 3. The number of fused-ring (bicyclic) bond motifs is 1. The Kier molecular flexibility index (Phi) is 5.96. The van der Waals surface area contributed by atoms with E-state index in [2.05, 4.69) is 47.0 Å². The summed E-state index contributed by atoms with van der Waals surface area (Å²) in [4.78, 5) is 10.5. The number of hydrogen-bond donors (Lipinski definition) is 4. The molecular formula is C29H26N6O. The molecule has 1 aliphatic heterocycles. The average Bonchev–Trinajstić information content (AvgIpc) is 2.88. The number of para-hydroxylation sites is 2. The number of aryl methyl sites for hydroxylation is 1. The maximum atomic E-state index is 10.7. The van der Waals surface area contributed by atoms with Gasteiger partial charge in [0.05, 0.1) is 23.5 Å². The molecule has 0 fully saturated rings. The van der Waals surface area contributed by atoms with E-state index in [0.29, 0.717) is 29.2 Å². The van der Waals surface area contributed by atoms with Gasteiger partial charge in [0.2, 0.25) is 0 Å². The Bertz CT molecular complexity index is 1510. The maximum Gasteiger partial charge on any atom is 0.141 e. The van der Waals surface area contributed by atoms with E-state index in [1.165, 1.54) is 6.33 Å². The summed E-state index contributed by atoms with van der Waals surface area (Å²) in [6, 6.07) is 22.7. The Morgan fingerprint density at radius 1 is 1.03 bits per heavy atom. The second-order valence-corrected chi connectivity index (χ2v) is 8.52. The van der Waals surface area contributed by atoms with E-state index in [1.807, 2.05) is 53.4 Å². The molecule has 178 valence electrons. The molecule has 0 atom stereocenters. The Labute approximate surface area is 209 Å². The van der Waals surface area contributed by atoms with E-state index in [0.717, 1.165) is 28.1 Å². The van der Waals surface area contributed by atoms with Gasteiger partial charge in [0.15, 0.2) is 0 Å². The monoisotopic (exact) mass is 474 g/mol. The smallest absolute Gasteiger partial charge is 0.141 e. The molecule has 0 aliphatic carbocycles. The summed E-state index contributed by atoms with van der Waals surface area (Å²) in [5, 5.41) is 22.8. The molecule has 7 heteroatoms. The van der Waals surface area contributed by atoms with Crippen molar-refractivity contribution in [2.75, 3.05) is 22.5 Å². The average molecular weight is 475 g/mol. The minimum atomic E-state index is 0.152. The van der Waals surface area contributed by atoms with E-state index < -0.39 is 0 Å². The first kappa shape index (κ1) is 22.9. The van der Waals surface area contributed by atoms with Gasteiger partial charge in [-0.2, -0.15) is 0 Å². The van der Waals surface area contributed by atoms with Crippen LogP contribution in [0.25, 0.3) is 11.8 Å². The minimum absolute atomic E-state index is 0.152. The Morgan fingerprint density at radius 2 is 1.78 bits per heavy atom. The lowest BCUT2D eigenvalue weighted by Gasteiger charge is -2.35. The summed E-state index contributed by atoms with van der Waals surface area (Å²) < 4.78 is 0. The Balaban J connectivity index is 1.55. The first-order chi connectivity index (χ1) is 17.5. The van der Waals surface area contributed by atoms with Gasteiger partial charge in [0.1, 0.15) is 23.7 Å². The largest absolute Gasteiger partial charge is 0.506 e. The Hall–Kier alpha value is -4.91. The lowest BCUT2D eigenvalue weighted by atomic mass is 9.93. The van der Waals surface area contributed by atoms with Crippen LogP contribution < -0.4 is 16.0 Å². The maximum absolute atomic E-state index is 10.7. The highest BCUT2D eigenvalue weighted by Crippen LogP contribution is 2.41. The lowest BCUT2D eigenvalue weighted by molar-refractivity contribution is 0.476. The molecule has 36 heavy (non-hydrogen) atoms. The normalized spacial score (nSPS) is 12.6. The third-order valence-corrected chi connectivity index (χ3v) is 6.22. The number of phenols is 1. The van der Waals surface area contributed by atoms with E-state index in [-0.39, 0.29) is 17.3 Å². The zero-order chi connectivity index (χ0) is 25.2. The Morgan fingerprint density at radius 3 is 2.56 bits per heavy atom. The number of aromatic hydroxyl groups is 1. The molecule has 0 saturated carbocycles. The van der Waals surface area contributed by atoms with Crippen molar-refractivity contribution < 1.29 is 5.11 Å². The van der Waals surface area contributed by atoms with Crippen LogP contribution in [-0.4, -0.2) is 27.3 Å². The fourth-order valence-electron chi connectivity index (χ4n) is 4.52. The van der Waals surface area contributed by atoms with Gasteiger partial charge in [0, 0.05) is 22.5 Å². The molecular weight excluding hydrogens is 448 g/mol. The SMILES string of the molecule is C=C1c2c(C)cccc2C=C(CNc2ncnc(N)c2C(=N)c2ccccc2)N1c1ccccc1O. The van der Waals surface area contributed by atoms with Gasteiger partial charge in [0.25, 0.3) is 0 Å². The summed E-state index contributed by atoms with van der Waals surface area (Å²) in [7, 11) is 0. The topological polar surface area (TPSA) is 111 Å².